The van der Waals surface area contributed by atoms with Crippen LogP contribution in [0.2, 0.25) is 0 Å². The number of ether oxygens (including phenoxy) is 1. The Kier molecular flexibility index (Phi) is 5.82. The van der Waals surface area contributed by atoms with Gasteiger partial charge in [0.05, 0.1) is 0 Å². The number of benzene rings is 1. The summed E-state index contributed by atoms with van der Waals surface area (Å²) in [4.78, 5) is 11.2. The third-order valence-corrected chi connectivity index (χ3v) is 2.21. The van der Waals surface area contributed by atoms with Crippen LogP contribution in [0, 0.1) is 10.7 Å². The predicted octanol–water partition coefficient (Wildman–Crippen LogP) is 2.46. The van der Waals surface area contributed by atoms with Gasteiger partial charge in [0.1, 0.15) is 12.0 Å². The fourth-order valence-electron chi connectivity index (χ4n) is 1.01. The zero-order valence-corrected chi connectivity index (χ0v) is 9.44. The van der Waals surface area contributed by atoms with Crippen molar-refractivity contribution in [2.45, 2.75) is 0 Å². The Morgan fingerprint density at radius 3 is 2.88 bits per heavy atom. The number of carbonyl (C=O) groups excluding carboxylic acids is 1. The molecular weight excluding hydrogens is 222 g/mol. The summed E-state index contributed by atoms with van der Waals surface area (Å²) in [6.07, 6.45) is 3.08. The van der Waals surface area contributed by atoms with Crippen LogP contribution < -0.4 is 0 Å². The SMILES string of the molecule is N#CSCCOC(=O)/C=C/c1ccccc1. The molecule has 0 N–H and O–H groups in total. The molecule has 0 aromatic heterocycles. The summed E-state index contributed by atoms with van der Waals surface area (Å²) < 4.78 is 4.87. The fourth-order valence-corrected chi connectivity index (χ4v) is 1.26. The minimum atomic E-state index is -0.387. The van der Waals surface area contributed by atoms with Crippen LogP contribution in [0.1, 0.15) is 5.56 Å². The molecule has 4 heteroatoms. The highest BCUT2D eigenvalue weighted by Gasteiger charge is 1.96. The summed E-state index contributed by atoms with van der Waals surface area (Å²) in [5, 5.41) is 10.1. The smallest absolute Gasteiger partial charge is 0.330 e. The summed E-state index contributed by atoms with van der Waals surface area (Å²) >= 11 is 1.07. The average molecular weight is 233 g/mol. The van der Waals surface area contributed by atoms with Crippen LogP contribution in [-0.2, 0) is 9.53 Å². The highest BCUT2D eigenvalue weighted by atomic mass is 32.2. The monoisotopic (exact) mass is 233 g/mol. The quantitative estimate of drug-likeness (QED) is 0.339. The first kappa shape index (κ1) is 12.3. The van der Waals surface area contributed by atoms with Crippen molar-refractivity contribution < 1.29 is 9.53 Å². The van der Waals surface area contributed by atoms with E-state index in [2.05, 4.69) is 0 Å². The summed E-state index contributed by atoms with van der Waals surface area (Å²) in [5.41, 5.74) is 0.950. The molecule has 0 aliphatic carbocycles. The number of thiocyanates is 1. The van der Waals surface area contributed by atoms with Gasteiger partial charge in [-0.05, 0) is 23.4 Å². The van der Waals surface area contributed by atoms with Crippen LogP contribution in [0.3, 0.4) is 0 Å². The standard InChI is InChI=1S/C12H11NO2S/c13-10-16-9-8-15-12(14)7-6-11-4-2-1-3-5-11/h1-7H,8-9H2/b7-6+. The molecule has 0 aliphatic rings. The first-order valence-corrected chi connectivity index (χ1v) is 5.72. The number of hydrogen-bond donors (Lipinski definition) is 0. The molecule has 0 spiro atoms. The third kappa shape index (κ3) is 5.23. The number of rotatable bonds is 5. The van der Waals surface area contributed by atoms with E-state index in [-0.39, 0.29) is 12.6 Å². The molecule has 0 saturated carbocycles. The van der Waals surface area contributed by atoms with Gasteiger partial charge in [0.25, 0.3) is 0 Å². The van der Waals surface area contributed by atoms with Crippen LogP contribution in [-0.4, -0.2) is 18.3 Å². The van der Waals surface area contributed by atoms with Gasteiger partial charge in [-0.1, -0.05) is 30.3 Å². The molecule has 0 radical (unpaired) electrons. The van der Waals surface area contributed by atoms with Gasteiger partial charge in [0.15, 0.2) is 0 Å². The number of nitrogens with zero attached hydrogens (tertiary/aromatic N) is 1. The normalized spacial score (nSPS) is 9.94. The summed E-state index contributed by atoms with van der Waals surface area (Å²) in [7, 11) is 0. The van der Waals surface area contributed by atoms with Crippen LogP contribution in [0.5, 0.6) is 0 Å². The molecule has 1 aromatic carbocycles. The second-order valence-corrected chi connectivity index (χ2v) is 3.73. The molecule has 0 bridgehead atoms. The van der Waals surface area contributed by atoms with E-state index in [0.29, 0.717) is 5.75 Å². The Bertz CT molecular complexity index is 395. The van der Waals surface area contributed by atoms with Gasteiger partial charge in [0, 0.05) is 11.8 Å². The van der Waals surface area contributed by atoms with Crippen LogP contribution in [0.15, 0.2) is 36.4 Å². The van der Waals surface area contributed by atoms with Crippen molar-refractivity contribution in [1.82, 2.24) is 0 Å². The van der Waals surface area contributed by atoms with Crippen molar-refractivity contribution in [2.24, 2.45) is 0 Å². The maximum absolute atomic E-state index is 11.2. The topological polar surface area (TPSA) is 50.1 Å². The molecule has 1 rings (SSSR count). The van der Waals surface area contributed by atoms with Crippen molar-refractivity contribution in [3.05, 3.63) is 42.0 Å². The number of nitriles is 1. The molecule has 16 heavy (non-hydrogen) atoms. The lowest BCUT2D eigenvalue weighted by molar-refractivity contribution is -0.137. The zero-order valence-electron chi connectivity index (χ0n) is 8.63. The molecule has 3 nitrogen and oxygen atoms in total. The highest BCUT2D eigenvalue weighted by molar-refractivity contribution is 8.03. The van der Waals surface area contributed by atoms with E-state index in [9.17, 15) is 4.79 Å². The van der Waals surface area contributed by atoms with Crippen LogP contribution >= 0.6 is 11.8 Å². The predicted molar refractivity (Wildman–Crippen MR) is 64.5 cm³/mol. The number of thioether (sulfide) groups is 1. The van der Waals surface area contributed by atoms with Gasteiger partial charge in [-0.25, -0.2) is 4.79 Å². The molecule has 0 aliphatic heterocycles. The van der Waals surface area contributed by atoms with E-state index < -0.39 is 0 Å². The number of carbonyl (C=O) groups is 1. The van der Waals surface area contributed by atoms with E-state index in [0.717, 1.165) is 17.3 Å². The second-order valence-electron chi connectivity index (χ2n) is 2.85. The lowest BCUT2D eigenvalue weighted by atomic mass is 10.2. The molecule has 0 atom stereocenters. The molecule has 0 unspecified atom stereocenters. The lowest BCUT2D eigenvalue weighted by Crippen LogP contribution is -2.03. The number of esters is 1. The molecule has 1 aromatic rings. The average Bonchev–Trinajstić information content (AvgIpc) is 2.33. The molecule has 0 amide bonds. The molecule has 0 fully saturated rings. The van der Waals surface area contributed by atoms with Crippen molar-refractivity contribution >= 4 is 23.8 Å². The van der Waals surface area contributed by atoms with E-state index >= 15 is 0 Å². The van der Waals surface area contributed by atoms with Crippen molar-refractivity contribution in [3.63, 3.8) is 0 Å². The maximum atomic E-state index is 11.2. The first-order chi connectivity index (χ1) is 7.83. The minimum Gasteiger partial charge on any atom is -0.462 e. The summed E-state index contributed by atoms with van der Waals surface area (Å²) in [6, 6.07) is 9.50. The lowest BCUT2D eigenvalue weighted by Gasteiger charge is -1.97. The minimum absolute atomic E-state index is 0.260. The summed E-state index contributed by atoms with van der Waals surface area (Å²) in [5.74, 6) is 0.115. The fraction of sp³-hybridized carbons (Fsp3) is 0.167. The molecule has 0 saturated heterocycles. The van der Waals surface area contributed by atoms with Gasteiger partial charge in [-0.3, -0.25) is 0 Å². The second kappa shape index (κ2) is 7.55. The van der Waals surface area contributed by atoms with Gasteiger partial charge in [-0.2, -0.15) is 5.26 Å². The van der Waals surface area contributed by atoms with Crippen molar-refractivity contribution in [3.8, 4) is 5.40 Å². The molecule has 82 valence electrons. The van der Waals surface area contributed by atoms with Crippen molar-refractivity contribution in [1.29, 1.82) is 5.26 Å². The Balaban J connectivity index is 2.29. The Labute approximate surface area is 98.7 Å². The van der Waals surface area contributed by atoms with Crippen LogP contribution in [0.25, 0.3) is 6.08 Å². The largest absolute Gasteiger partial charge is 0.462 e. The maximum Gasteiger partial charge on any atom is 0.330 e. The Hall–Kier alpha value is -1.73. The zero-order chi connectivity index (χ0) is 11.6. The van der Waals surface area contributed by atoms with Gasteiger partial charge in [-0.15, -0.1) is 0 Å². The summed E-state index contributed by atoms with van der Waals surface area (Å²) in [6.45, 7) is 0.260. The molecule has 0 heterocycles. The van der Waals surface area contributed by atoms with E-state index in [1.807, 2.05) is 35.7 Å². The van der Waals surface area contributed by atoms with Crippen molar-refractivity contribution in [2.75, 3.05) is 12.4 Å². The Morgan fingerprint density at radius 2 is 2.19 bits per heavy atom. The van der Waals surface area contributed by atoms with Gasteiger partial charge in [0.2, 0.25) is 0 Å². The molecular formula is C12H11NO2S. The van der Waals surface area contributed by atoms with E-state index in [1.165, 1.54) is 6.08 Å². The van der Waals surface area contributed by atoms with Gasteiger partial charge < -0.3 is 4.74 Å². The highest BCUT2D eigenvalue weighted by Crippen LogP contribution is 2.01. The van der Waals surface area contributed by atoms with E-state index in [1.54, 1.807) is 6.08 Å². The van der Waals surface area contributed by atoms with E-state index in [4.69, 9.17) is 10.00 Å². The third-order valence-electron chi connectivity index (χ3n) is 1.71. The number of hydrogen-bond acceptors (Lipinski definition) is 4. The van der Waals surface area contributed by atoms with Crippen LogP contribution in [0.4, 0.5) is 0 Å². The first-order valence-electron chi connectivity index (χ1n) is 4.73. The van der Waals surface area contributed by atoms with Gasteiger partial charge >= 0.3 is 5.97 Å². The Morgan fingerprint density at radius 1 is 1.44 bits per heavy atom.